The molecule has 0 saturated carbocycles. The van der Waals surface area contributed by atoms with Crippen LogP contribution in [0.4, 0.5) is 4.39 Å². The molecule has 0 aliphatic heterocycles. The molecule has 2 aliphatic carbocycles. The quantitative estimate of drug-likeness (QED) is 0.536. The zero-order valence-corrected chi connectivity index (χ0v) is 18.4. The number of hydrogen-bond acceptors (Lipinski definition) is 4. The zero-order valence-electron chi connectivity index (χ0n) is 17.6. The predicted octanol–water partition coefficient (Wildman–Crippen LogP) is 4.75. The number of allylic oxidation sites excluding steroid dienone is 6. The third-order valence-corrected chi connectivity index (χ3v) is 8.45. The summed E-state index contributed by atoms with van der Waals surface area (Å²) in [5, 5.41) is 7.83. The number of alkyl halides is 1. The molecule has 0 spiro atoms. The first-order valence-corrected chi connectivity index (χ1v) is 12.0. The topological polar surface area (TPSA) is 80.7 Å². The molecule has 2 aliphatic rings. The van der Waals surface area contributed by atoms with Crippen LogP contribution >= 0.6 is 0 Å². The highest BCUT2D eigenvalue weighted by atomic mass is 32.2. The van der Waals surface area contributed by atoms with Gasteiger partial charge in [-0.3, -0.25) is 4.79 Å². The highest BCUT2D eigenvalue weighted by molar-refractivity contribution is 7.92. The van der Waals surface area contributed by atoms with Gasteiger partial charge in [-0.1, -0.05) is 19.1 Å². The number of carboxylic acids is 1. The van der Waals surface area contributed by atoms with Gasteiger partial charge < -0.3 is 9.84 Å². The summed E-state index contributed by atoms with van der Waals surface area (Å²) in [6, 6.07) is 0. The van der Waals surface area contributed by atoms with E-state index in [2.05, 4.69) is 6.08 Å². The van der Waals surface area contributed by atoms with E-state index in [9.17, 15) is 17.6 Å². The second-order valence-electron chi connectivity index (χ2n) is 8.25. The van der Waals surface area contributed by atoms with E-state index in [1.54, 1.807) is 19.9 Å². The van der Waals surface area contributed by atoms with Gasteiger partial charge in [-0.25, -0.2) is 12.8 Å². The number of aliphatic carboxylic acids is 1. The summed E-state index contributed by atoms with van der Waals surface area (Å²) in [5.41, 5.74) is 2.16. The van der Waals surface area contributed by atoms with E-state index in [-0.39, 0.29) is 18.8 Å². The molecule has 7 heteroatoms. The van der Waals surface area contributed by atoms with Crippen LogP contribution in [0.2, 0.25) is 0 Å². The molecule has 164 valence electrons. The van der Waals surface area contributed by atoms with Crippen molar-refractivity contribution >= 4 is 15.8 Å². The first-order chi connectivity index (χ1) is 13.6. The largest absolute Gasteiger partial charge is 0.501 e. The van der Waals surface area contributed by atoms with Gasteiger partial charge >= 0.3 is 5.97 Å². The molecule has 0 amide bonds. The van der Waals surface area contributed by atoms with Gasteiger partial charge in [0.05, 0.1) is 29.8 Å². The summed E-state index contributed by atoms with van der Waals surface area (Å²) in [5.74, 6) is -0.632. The maximum atomic E-state index is 13.4. The van der Waals surface area contributed by atoms with Crippen LogP contribution in [-0.2, 0) is 19.4 Å². The van der Waals surface area contributed by atoms with Crippen molar-refractivity contribution < 1.29 is 27.4 Å². The van der Waals surface area contributed by atoms with Gasteiger partial charge in [-0.2, -0.15) is 0 Å². The van der Waals surface area contributed by atoms with Gasteiger partial charge in [0.15, 0.2) is 9.84 Å². The zero-order chi connectivity index (χ0) is 21.6. The van der Waals surface area contributed by atoms with Gasteiger partial charge in [0.1, 0.15) is 6.17 Å². The molecule has 1 N–H and O–H groups in total. The normalized spacial score (nSPS) is 25.6. The number of carbonyl (C=O) groups is 1. The summed E-state index contributed by atoms with van der Waals surface area (Å²) in [6.07, 6.45) is 8.53. The Hall–Kier alpha value is -1.63. The molecular weight excluding hydrogens is 395 g/mol. The molecule has 5 nitrogen and oxygen atoms in total. The molecule has 0 fully saturated rings. The van der Waals surface area contributed by atoms with Crippen LogP contribution in [0.25, 0.3) is 0 Å². The van der Waals surface area contributed by atoms with Crippen LogP contribution in [0.3, 0.4) is 0 Å². The van der Waals surface area contributed by atoms with Crippen LogP contribution in [-0.4, -0.2) is 43.3 Å². The fraction of sp³-hybridized carbons (Fsp3) is 0.682. The molecule has 0 saturated heterocycles. The van der Waals surface area contributed by atoms with Crippen LogP contribution in [0, 0.1) is 5.92 Å². The summed E-state index contributed by atoms with van der Waals surface area (Å²) in [6.45, 7) is 3.46. The molecule has 0 heterocycles. The lowest BCUT2D eigenvalue weighted by Crippen LogP contribution is -2.33. The van der Waals surface area contributed by atoms with Crippen molar-refractivity contribution in [3.05, 3.63) is 35.1 Å². The highest BCUT2D eigenvalue weighted by Gasteiger charge is 2.34. The smallest absolute Gasteiger partial charge is 0.303 e. The predicted molar refractivity (Wildman–Crippen MR) is 112 cm³/mol. The lowest BCUT2D eigenvalue weighted by Gasteiger charge is -2.28. The lowest BCUT2D eigenvalue weighted by atomic mass is 9.86. The molecule has 0 radical (unpaired) electrons. The number of halogens is 1. The number of methoxy groups -OCH3 is 1. The van der Waals surface area contributed by atoms with E-state index >= 15 is 0 Å². The van der Waals surface area contributed by atoms with E-state index in [0.717, 1.165) is 11.1 Å². The van der Waals surface area contributed by atoms with E-state index in [1.165, 1.54) is 7.11 Å². The van der Waals surface area contributed by atoms with Crippen molar-refractivity contribution in [2.45, 2.75) is 81.9 Å². The average molecular weight is 429 g/mol. The van der Waals surface area contributed by atoms with Gasteiger partial charge in [0.2, 0.25) is 0 Å². The summed E-state index contributed by atoms with van der Waals surface area (Å²) in [4.78, 5) is 10.9. The van der Waals surface area contributed by atoms with Gasteiger partial charge in [0.25, 0.3) is 0 Å². The Labute approximate surface area is 173 Å². The number of hydrogen-bond donors (Lipinski definition) is 1. The van der Waals surface area contributed by atoms with Crippen molar-refractivity contribution in [1.82, 2.24) is 0 Å². The first-order valence-electron chi connectivity index (χ1n) is 10.3. The van der Waals surface area contributed by atoms with Crippen molar-refractivity contribution in [2.75, 3.05) is 7.11 Å². The molecule has 29 heavy (non-hydrogen) atoms. The standard InChI is InChI=1S/C22H33FO5S/c1-15(12-22(24)25)11-20(28-3)13-16(2)29(26,27)21-6-4-5-18(14-21)17-7-9-19(23)10-8-17/h5,7,11,15-16,19,21H,4,6,8-10,12-14H2,1-3H3,(H,24,25)/b20-11+/t15-,16?,19?,21?/m0/s1. The van der Waals surface area contributed by atoms with Crippen LogP contribution in [0.5, 0.6) is 0 Å². The third-order valence-electron chi connectivity index (χ3n) is 5.83. The highest BCUT2D eigenvalue weighted by Crippen LogP contribution is 2.35. The molecule has 0 aromatic carbocycles. The minimum Gasteiger partial charge on any atom is -0.501 e. The average Bonchev–Trinajstić information content (AvgIpc) is 2.67. The van der Waals surface area contributed by atoms with Crippen LogP contribution in [0.15, 0.2) is 35.1 Å². The van der Waals surface area contributed by atoms with Crippen molar-refractivity contribution in [1.29, 1.82) is 0 Å². The molecule has 3 unspecified atom stereocenters. The van der Waals surface area contributed by atoms with Crippen LogP contribution < -0.4 is 0 Å². The Bertz CT molecular complexity index is 781. The second-order valence-corrected chi connectivity index (χ2v) is 10.9. The van der Waals surface area contributed by atoms with Gasteiger partial charge in [-0.15, -0.1) is 0 Å². The van der Waals surface area contributed by atoms with Crippen molar-refractivity contribution in [3.8, 4) is 0 Å². The Morgan fingerprint density at radius 2 is 2.00 bits per heavy atom. The fourth-order valence-corrected chi connectivity index (χ4v) is 6.04. The number of carboxylic acid groups (broad SMARTS) is 1. The number of sulfone groups is 1. The number of ether oxygens (including phenoxy) is 1. The molecule has 0 aromatic heterocycles. The SMILES string of the molecule is CO/C(=C/[C@H](C)CC(=O)O)CC(C)S(=O)(=O)C1CCC=C(C2=CCC(F)CC2)C1. The third kappa shape index (κ3) is 6.69. The number of rotatable bonds is 9. The summed E-state index contributed by atoms with van der Waals surface area (Å²) in [7, 11) is -1.91. The van der Waals surface area contributed by atoms with E-state index in [1.807, 2.05) is 6.08 Å². The molecule has 0 bridgehead atoms. The Morgan fingerprint density at radius 1 is 1.28 bits per heavy atom. The maximum Gasteiger partial charge on any atom is 0.303 e. The molecule has 0 aromatic rings. The van der Waals surface area contributed by atoms with Gasteiger partial charge in [-0.05, 0) is 68.6 Å². The van der Waals surface area contributed by atoms with Crippen LogP contribution in [0.1, 0.15) is 65.2 Å². The minimum atomic E-state index is -3.39. The van der Waals surface area contributed by atoms with Crippen molar-refractivity contribution in [3.63, 3.8) is 0 Å². The van der Waals surface area contributed by atoms with E-state index < -0.39 is 32.5 Å². The summed E-state index contributed by atoms with van der Waals surface area (Å²) >= 11 is 0. The monoisotopic (exact) mass is 428 g/mol. The minimum absolute atomic E-state index is 0.0282. The lowest BCUT2D eigenvalue weighted by molar-refractivity contribution is -0.137. The summed E-state index contributed by atoms with van der Waals surface area (Å²) < 4.78 is 45.1. The van der Waals surface area contributed by atoms with E-state index in [0.29, 0.717) is 44.3 Å². The van der Waals surface area contributed by atoms with Gasteiger partial charge in [0, 0.05) is 6.42 Å². The van der Waals surface area contributed by atoms with E-state index in [4.69, 9.17) is 9.84 Å². The Kier molecular flexibility index (Phi) is 8.49. The maximum absolute atomic E-state index is 13.4. The molecule has 4 atom stereocenters. The second kappa shape index (κ2) is 10.4. The Morgan fingerprint density at radius 3 is 2.59 bits per heavy atom. The first kappa shape index (κ1) is 23.6. The Balaban J connectivity index is 2.06. The molecule has 2 rings (SSSR count). The van der Waals surface area contributed by atoms with Crippen molar-refractivity contribution in [2.24, 2.45) is 5.92 Å². The molecular formula is C22H33FO5S. The fourth-order valence-electron chi connectivity index (χ4n) is 4.11.